The molecule has 2 heteroatoms. The molecule has 17 heavy (non-hydrogen) atoms. The first kappa shape index (κ1) is 18.8. The van der Waals surface area contributed by atoms with Crippen molar-refractivity contribution in [3.63, 3.8) is 0 Å². The zero-order valence-electron chi connectivity index (χ0n) is 13.0. The van der Waals surface area contributed by atoms with E-state index in [-0.39, 0.29) is 11.3 Å². The van der Waals surface area contributed by atoms with E-state index in [2.05, 4.69) is 5.32 Å². The van der Waals surface area contributed by atoms with Crippen LogP contribution in [-0.2, 0) is 4.79 Å². The summed E-state index contributed by atoms with van der Waals surface area (Å²) in [6.07, 6.45) is 6.22. The predicted molar refractivity (Wildman–Crippen MR) is 77.2 cm³/mol. The highest BCUT2D eigenvalue weighted by Crippen LogP contribution is 2.20. The topological polar surface area (TPSA) is 29.1 Å². The first-order chi connectivity index (χ1) is 8.00. The van der Waals surface area contributed by atoms with E-state index in [0.29, 0.717) is 6.04 Å². The molecular formula is C15H33NO. The van der Waals surface area contributed by atoms with Crippen molar-refractivity contribution < 1.29 is 4.79 Å². The SMILES string of the molecule is CC.CC.CC(C)(C)C(=O)NC1CCCCC1. The van der Waals surface area contributed by atoms with Gasteiger partial charge in [0.2, 0.25) is 5.91 Å². The number of amides is 1. The van der Waals surface area contributed by atoms with Crippen LogP contribution in [0.25, 0.3) is 0 Å². The van der Waals surface area contributed by atoms with Crippen molar-refractivity contribution >= 4 is 5.91 Å². The molecule has 2 nitrogen and oxygen atoms in total. The Balaban J connectivity index is 0. The van der Waals surface area contributed by atoms with Gasteiger partial charge in [0.05, 0.1) is 0 Å². The Labute approximate surface area is 109 Å². The summed E-state index contributed by atoms with van der Waals surface area (Å²) < 4.78 is 0. The van der Waals surface area contributed by atoms with Crippen LogP contribution in [0.3, 0.4) is 0 Å². The Morgan fingerprint density at radius 1 is 0.941 bits per heavy atom. The Bertz CT molecular complexity index is 176. The third-order valence-electron chi connectivity index (χ3n) is 2.62. The molecule has 1 fully saturated rings. The van der Waals surface area contributed by atoms with Gasteiger partial charge in [-0.05, 0) is 12.8 Å². The van der Waals surface area contributed by atoms with E-state index >= 15 is 0 Å². The fourth-order valence-electron chi connectivity index (χ4n) is 1.65. The lowest BCUT2D eigenvalue weighted by atomic mass is 9.91. The highest BCUT2D eigenvalue weighted by Gasteiger charge is 2.24. The average molecular weight is 243 g/mol. The van der Waals surface area contributed by atoms with E-state index in [9.17, 15) is 4.79 Å². The molecule has 1 saturated carbocycles. The van der Waals surface area contributed by atoms with Crippen molar-refractivity contribution in [3.05, 3.63) is 0 Å². The van der Waals surface area contributed by atoms with Gasteiger partial charge < -0.3 is 5.32 Å². The van der Waals surface area contributed by atoms with E-state index in [1.165, 1.54) is 32.1 Å². The summed E-state index contributed by atoms with van der Waals surface area (Å²) in [5.41, 5.74) is -0.239. The van der Waals surface area contributed by atoms with Gasteiger partial charge >= 0.3 is 0 Å². The molecule has 1 rings (SSSR count). The summed E-state index contributed by atoms with van der Waals surface area (Å²) in [6, 6.07) is 0.445. The molecule has 0 aromatic heterocycles. The molecule has 1 aliphatic rings. The fourth-order valence-corrected chi connectivity index (χ4v) is 1.65. The molecule has 0 saturated heterocycles. The highest BCUT2D eigenvalue weighted by atomic mass is 16.2. The summed E-state index contributed by atoms with van der Waals surface area (Å²) in [6.45, 7) is 13.9. The number of hydrogen-bond donors (Lipinski definition) is 1. The van der Waals surface area contributed by atoms with Gasteiger partial charge in [0.1, 0.15) is 0 Å². The molecule has 0 aromatic carbocycles. The summed E-state index contributed by atoms with van der Waals surface area (Å²) >= 11 is 0. The predicted octanol–water partition coefficient (Wildman–Crippen LogP) is 4.53. The summed E-state index contributed by atoms with van der Waals surface area (Å²) in [5, 5.41) is 3.12. The lowest BCUT2D eigenvalue weighted by Gasteiger charge is -2.26. The summed E-state index contributed by atoms with van der Waals surface area (Å²) in [5.74, 6) is 0.194. The maximum Gasteiger partial charge on any atom is 0.225 e. The Morgan fingerprint density at radius 2 is 1.35 bits per heavy atom. The van der Waals surface area contributed by atoms with Crippen LogP contribution in [0, 0.1) is 5.41 Å². The maximum atomic E-state index is 11.6. The smallest absolute Gasteiger partial charge is 0.225 e. The quantitative estimate of drug-likeness (QED) is 0.720. The molecule has 0 unspecified atom stereocenters. The first-order valence-electron chi connectivity index (χ1n) is 7.31. The zero-order valence-corrected chi connectivity index (χ0v) is 13.0. The molecule has 0 heterocycles. The van der Waals surface area contributed by atoms with Crippen molar-refractivity contribution in [1.29, 1.82) is 0 Å². The summed E-state index contributed by atoms with van der Waals surface area (Å²) in [7, 11) is 0. The fraction of sp³-hybridized carbons (Fsp3) is 0.933. The Hall–Kier alpha value is -0.530. The van der Waals surface area contributed by atoms with Crippen LogP contribution in [0.2, 0.25) is 0 Å². The van der Waals surface area contributed by atoms with Crippen molar-refractivity contribution in [2.24, 2.45) is 5.41 Å². The van der Waals surface area contributed by atoms with Gasteiger partial charge in [0, 0.05) is 11.5 Å². The average Bonchev–Trinajstić information content (AvgIpc) is 2.34. The van der Waals surface area contributed by atoms with Crippen molar-refractivity contribution in [1.82, 2.24) is 5.32 Å². The van der Waals surface area contributed by atoms with Crippen LogP contribution in [-0.4, -0.2) is 11.9 Å². The number of nitrogens with one attached hydrogen (secondary N) is 1. The lowest BCUT2D eigenvalue weighted by molar-refractivity contribution is -0.129. The van der Waals surface area contributed by atoms with Gasteiger partial charge in [-0.2, -0.15) is 0 Å². The van der Waals surface area contributed by atoms with E-state index in [1.807, 2.05) is 48.5 Å². The van der Waals surface area contributed by atoms with E-state index in [0.717, 1.165) is 0 Å². The standard InChI is InChI=1S/C11H21NO.2C2H6/c1-11(2,3)10(13)12-9-7-5-4-6-8-9;2*1-2/h9H,4-8H2,1-3H3,(H,12,13);2*1-2H3. The second kappa shape index (κ2) is 10.6. The molecule has 0 atom stereocenters. The van der Waals surface area contributed by atoms with E-state index < -0.39 is 0 Å². The van der Waals surface area contributed by atoms with Crippen molar-refractivity contribution in [2.45, 2.75) is 86.6 Å². The van der Waals surface area contributed by atoms with Crippen LogP contribution >= 0.6 is 0 Å². The maximum absolute atomic E-state index is 11.6. The highest BCUT2D eigenvalue weighted by molar-refractivity contribution is 5.81. The Morgan fingerprint density at radius 3 is 1.71 bits per heavy atom. The first-order valence-corrected chi connectivity index (χ1v) is 7.31. The molecular weight excluding hydrogens is 210 g/mol. The molecule has 0 bridgehead atoms. The second-order valence-electron chi connectivity index (χ2n) is 5.06. The normalized spacial score (nSPS) is 15.9. The molecule has 1 aliphatic carbocycles. The zero-order chi connectivity index (χ0) is 13.9. The van der Waals surface area contributed by atoms with Gasteiger partial charge in [-0.3, -0.25) is 4.79 Å². The number of rotatable bonds is 1. The molecule has 0 radical (unpaired) electrons. The number of carbonyl (C=O) groups is 1. The lowest BCUT2D eigenvalue weighted by Crippen LogP contribution is -2.42. The minimum Gasteiger partial charge on any atom is -0.353 e. The number of hydrogen-bond acceptors (Lipinski definition) is 1. The Kier molecular flexibility index (Phi) is 11.8. The largest absolute Gasteiger partial charge is 0.353 e. The van der Waals surface area contributed by atoms with Gasteiger partial charge in [0.15, 0.2) is 0 Å². The van der Waals surface area contributed by atoms with Crippen LogP contribution in [0.15, 0.2) is 0 Å². The summed E-state index contributed by atoms with van der Waals surface area (Å²) in [4.78, 5) is 11.6. The minimum atomic E-state index is -0.239. The van der Waals surface area contributed by atoms with Gasteiger partial charge in [-0.15, -0.1) is 0 Å². The van der Waals surface area contributed by atoms with E-state index in [1.54, 1.807) is 0 Å². The van der Waals surface area contributed by atoms with Gasteiger partial charge in [-0.1, -0.05) is 67.7 Å². The number of carbonyl (C=O) groups excluding carboxylic acids is 1. The van der Waals surface area contributed by atoms with E-state index in [4.69, 9.17) is 0 Å². The van der Waals surface area contributed by atoms with Gasteiger partial charge in [-0.25, -0.2) is 0 Å². The molecule has 1 N–H and O–H groups in total. The van der Waals surface area contributed by atoms with Crippen LogP contribution in [0.5, 0.6) is 0 Å². The molecule has 1 amide bonds. The van der Waals surface area contributed by atoms with Crippen LogP contribution < -0.4 is 5.32 Å². The third kappa shape index (κ3) is 9.20. The molecule has 0 aromatic rings. The van der Waals surface area contributed by atoms with Crippen LogP contribution in [0.1, 0.15) is 80.6 Å². The monoisotopic (exact) mass is 243 g/mol. The van der Waals surface area contributed by atoms with Crippen LogP contribution in [0.4, 0.5) is 0 Å². The van der Waals surface area contributed by atoms with Gasteiger partial charge in [0.25, 0.3) is 0 Å². The van der Waals surface area contributed by atoms with Crippen molar-refractivity contribution in [2.75, 3.05) is 0 Å². The molecule has 0 aliphatic heterocycles. The molecule has 104 valence electrons. The second-order valence-corrected chi connectivity index (χ2v) is 5.06. The molecule has 0 spiro atoms. The third-order valence-corrected chi connectivity index (χ3v) is 2.62. The van der Waals surface area contributed by atoms with Crippen molar-refractivity contribution in [3.8, 4) is 0 Å². The minimum absolute atomic E-state index is 0.194.